The smallest absolute Gasteiger partial charge is 0.157 e. The second-order valence-corrected chi connectivity index (χ2v) is 5.46. The van der Waals surface area contributed by atoms with Crippen molar-refractivity contribution in [1.82, 2.24) is 25.0 Å². The summed E-state index contributed by atoms with van der Waals surface area (Å²) < 4.78 is 2.32. The first-order valence-electron chi connectivity index (χ1n) is 5.51. The molecule has 2 rings (SSSR count). The average molecular weight is 331 g/mol. The van der Waals surface area contributed by atoms with Crippen LogP contribution >= 0.6 is 27.5 Å². The molecule has 5 nitrogen and oxygen atoms in total. The molecule has 0 radical (unpaired) electrons. The minimum Gasteiger partial charge on any atom is -0.245 e. The van der Waals surface area contributed by atoms with Crippen LogP contribution in [0.1, 0.15) is 31.2 Å². The Morgan fingerprint density at radius 2 is 1.94 bits per heavy atom. The Hall–Kier alpha value is -1.01. The molecule has 0 aliphatic rings. The molecular formula is C11H13BrClN5. The van der Waals surface area contributed by atoms with Crippen molar-refractivity contribution in [3.8, 4) is 11.4 Å². The van der Waals surface area contributed by atoms with Crippen molar-refractivity contribution in [2.24, 2.45) is 7.05 Å². The van der Waals surface area contributed by atoms with E-state index in [9.17, 15) is 0 Å². The summed E-state index contributed by atoms with van der Waals surface area (Å²) in [4.78, 5) is 8.86. The summed E-state index contributed by atoms with van der Waals surface area (Å²) in [5.74, 6) is 0.926. The maximum Gasteiger partial charge on any atom is 0.157 e. The van der Waals surface area contributed by atoms with E-state index >= 15 is 0 Å². The van der Waals surface area contributed by atoms with Crippen molar-refractivity contribution >= 4 is 27.5 Å². The van der Waals surface area contributed by atoms with Gasteiger partial charge < -0.3 is 0 Å². The summed E-state index contributed by atoms with van der Waals surface area (Å²) in [5, 5.41) is 8.39. The molecular weight excluding hydrogens is 318 g/mol. The first-order chi connectivity index (χ1) is 8.41. The second kappa shape index (κ2) is 4.93. The summed E-state index contributed by atoms with van der Waals surface area (Å²) in [5.41, 5.74) is 2.39. The number of nitrogens with zero attached hydrogens (tertiary/aromatic N) is 5. The molecule has 2 aromatic rings. The lowest BCUT2D eigenvalue weighted by atomic mass is 10.1. The van der Waals surface area contributed by atoms with Gasteiger partial charge in [-0.2, -0.15) is 0 Å². The van der Waals surface area contributed by atoms with Gasteiger partial charge in [0.05, 0.1) is 5.69 Å². The molecule has 0 aliphatic carbocycles. The molecule has 0 spiro atoms. The van der Waals surface area contributed by atoms with Gasteiger partial charge in [0.2, 0.25) is 0 Å². The van der Waals surface area contributed by atoms with Crippen molar-refractivity contribution in [3.05, 3.63) is 21.1 Å². The molecule has 0 amide bonds. The first kappa shape index (κ1) is 13.4. The van der Waals surface area contributed by atoms with Gasteiger partial charge >= 0.3 is 0 Å². The van der Waals surface area contributed by atoms with Crippen molar-refractivity contribution in [3.63, 3.8) is 0 Å². The predicted octanol–water partition coefficient (Wildman–Crippen LogP) is 3.12. The van der Waals surface area contributed by atoms with E-state index in [1.165, 1.54) is 0 Å². The maximum absolute atomic E-state index is 6.17. The number of aryl methyl sites for hydroxylation is 1. The molecule has 0 N–H and O–H groups in total. The van der Waals surface area contributed by atoms with Crippen LogP contribution in [0.2, 0.25) is 5.15 Å². The number of hydrogen-bond acceptors (Lipinski definition) is 4. The van der Waals surface area contributed by atoms with E-state index in [-0.39, 0.29) is 5.92 Å². The van der Waals surface area contributed by atoms with Gasteiger partial charge in [-0.15, -0.1) is 5.10 Å². The molecule has 0 aliphatic heterocycles. The number of halogens is 2. The van der Waals surface area contributed by atoms with E-state index in [2.05, 4.69) is 36.2 Å². The molecule has 0 aromatic carbocycles. The molecule has 0 fully saturated rings. The number of rotatable bonds is 2. The number of hydrogen-bond donors (Lipinski definition) is 0. The highest BCUT2D eigenvalue weighted by atomic mass is 79.9. The minimum atomic E-state index is 0.210. The van der Waals surface area contributed by atoms with Gasteiger partial charge in [0.15, 0.2) is 4.60 Å². The Bertz CT molecular complexity index is 574. The normalized spacial score (nSPS) is 11.3. The number of aromatic nitrogens is 5. The lowest BCUT2D eigenvalue weighted by molar-refractivity contribution is 0.714. The van der Waals surface area contributed by atoms with Crippen LogP contribution in [-0.2, 0) is 7.05 Å². The van der Waals surface area contributed by atoms with E-state index in [1.807, 2.05) is 27.8 Å². The Kier molecular flexibility index (Phi) is 3.68. The zero-order valence-corrected chi connectivity index (χ0v) is 12.9. The highest BCUT2D eigenvalue weighted by molar-refractivity contribution is 9.10. The topological polar surface area (TPSA) is 56.5 Å². The summed E-state index contributed by atoms with van der Waals surface area (Å²) in [6.45, 7) is 5.95. The van der Waals surface area contributed by atoms with E-state index in [4.69, 9.17) is 11.6 Å². The molecule has 0 saturated carbocycles. The summed E-state index contributed by atoms with van der Waals surface area (Å²) in [6, 6.07) is 0. The molecule has 0 atom stereocenters. The lowest BCUT2D eigenvalue weighted by Crippen LogP contribution is -2.05. The molecule has 96 valence electrons. The first-order valence-corrected chi connectivity index (χ1v) is 6.68. The van der Waals surface area contributed by atoms with Crippen molar-refractivity contribution in [2.45, 2.75) is 26.7 Å². The van der Waals surface area contributed by atoms with Crippen LogP contribution in [0.4, 0.5) is 0 Å². The second-order valence-electron chi connectivity index (χ2n) is 4.35. The maximum atomic E-state index is 6.17. The van der Waals surface area contributed by atoms with E-state index < -0.39 is 0 Å². The van der Waals surface area contributed by atoms with Crippen LogP contribution in [0.25, 0.3) is 11.4 Å². The highest BCUT2D eigenvalue weighted by Crippen LogP contribution is 2.30. The fraction of sp³-hybridized carbons (Fsp3) is 0.455. The van der Waals surface area contributed by atoms with E-state index in [0.29, 0.717) is 15.6 Å². The molecule has 0 bridgehead atoms. The quantitative estimate of drug-likeness (QED) is 0.794. The lowest BCUT2D eigenvalue weighted by Gasteiger charge is -2.11. The SMILES string of the molecule is Cc1c(Cl)nc(C(C)C)nc1-c1c(Br)nnn1C. The van der Waals surface area contributed by atoms with Crippen LogP contribution in [0, 0.1) is 6.92 Å². The summed E-state index contributed by atoms with van der Waals surface area (Å²) in [6.07, 6.45) is 0. The van der Waals surface area contributed by atoms with Crippen molar-refractivity contribution < 1.29 is 0 Å². The standard InChI is InChI=1S/C11H13BrClN5/c1-5(2)11-14-7(6(3)10(13)15-11)8-9(12)16-17-18(8)4/h5H,1-4H3. The Morgan fingerprint density at radius 1 is 1.28 bits per heavy atom. The van der Waals surface area contributed by atoms with Crippen LogP contribution in [0.15, 0.2) is 4.60 Å². The third-order valence-electron chi connectivity index (χ3n) is 2.63. The molecule has 0 unspecified atom stereocenters. The Balaban J connectivity index is 2.71. The molecule has 7 heteroatoms. The molecule has 18 heavy (non-hydrogen) atoms. The Labute approximate surface area is 119 Å². The molecule has 2 aromatic heterocycles. The van der Waals surface area contributed by atoms with Gasteiger partial charge in [-0.05, 0) is 22.9 Å². The van der Waals surface area contributed by atoms with Crippen LogP contribution in [0.5, 0.6) is 0 Å². The van der Waals surface area contributed by atoms with E-state index in [1.54, 1.807) is 4.68 Å². The van der Waals surface area contributed by atoms with Gasteiger partial charge in [-0.3, -0.25) is 0 Å². The zero-order valence-electron chi connectivity index (χ0n) is 10.6. The van der Waals surface area contributed by atoms with Crippen LogP contribution in [-0.4, -0.2) is 25.0 Å². The average Bonchev–Trinajstić information content (AvgIpc) is 2.62. The van der Waals surface area contributed by atoms with Gasteiger partial charge in [0, 0.05) is 18.5 Å². The van der Waals surface area contributed by atoms with Crippen LogP contribution in [0.3, 0.4) is 0 Å². The fourth-order valence-corrected chi connectivity index (χ4v) is 2.27. The van der Waals surface area contributed by atoms with Gasteiger partial charge in [0.1, 0.15) is 16.7 Å². The zero-order chi connectivity index (χ0) is 13.4. The predicted molar refractivity (Wildman–Crippen MR) is 73.6 cm³/mol. The van der Waals surface area contributed by atoms with Crippen LogP contribution < -0.4 is 0 Å². The third kappa shape index (κ3) is 2.27. The monoisotopic (exact) mass is 329 g/mol. The summed E-state index contributed by atoms with van der Waals surface area (Å²) in [7, 11) is 1.82. The Morgan fingerprint density at radius 3 is 2.44 bits per heavy atom. The highest BCUT2D eigenvalue weighted by Gasteiger charge is 2.19. The van der Waals surface area contributed by atoms with Gasteiger partial charge in [-0.25, -0.2) is 14.6 Å². The van der Waals surface area contributed by atoms with Gasteiger partial charge in [0.25, 0.3) is 0 Å². The largest absolute Gasteiger partial charge is 0.245 e. The molecule has 2 heterocycles. The summed E-state index contributed by atoms with van der Waals surface area (Å²) >= 11 is 9.54. The van der Waals surface area contributed by atoms with Gasteiger partial charge in [-0.1, -0.05) is 30.7 Å². The van der Waals surface area contributed by atoms with Crippen molar-refractivity contribution in [2.75, 3.05) is 0 Å². The fourth-order valence-electron chi connectivity index (χ4n) is 1.58. The third-order valence-corrected chi connectivity index (χ3v) is 3.53. The molecule has 0 saturated heterocycles. The van der Waals surface area contributed by atoms with E-state index in [0.717, 1.165) is 17.0 Å². The van der Waals surface area contributed by atoms with Crippen molar-refractivity contribution in [1.29, 1.82) is 0 Å². The minimum absolute atomic E-state index is 0.210.